The van der Waals surface area contributed by atoms with Crippen LogP contribution in [0.5, 0.6) is 0 Å². The molecule has 0 aromatic heterocycles. The molecule has 5 amide bonds. The summed E-state index contributed by atoms with van der Waals surface area (Å²) in [5.41, 5.74) is 4.25. The quantitative estimate of drug-likeness (QED) is 0.314. The highest BCUT2D eigenvalue weighted by atomic mass is 16.5. The first-order valence-corrected chi connectivity index (χ1v) is 6.69. The van der Waals surface area contributed by atoms with Crippen LogP contribution in [-0.2, 0) is 9.59 Å². The summed E-state index contributed by atoms with van der Waals surface area (Å²) < 4.78 is 0. The molecular formula is C11H17N5O6. The topological polar surface area (TPSA) is 151 Å². The average Bonchev–Trinajstić information content (AvgIpc) is 2.68. The zero-order valence-corrected chi connectivity index (χ0v) is 11.8. The molecule has 2 aliphatic heterocycles. The molecule has 3 atom stereocenters. The molecule has 2 aliphatic rings. The van der Waals surface area contributed by atoms with Gasteiger partial charge in [-0.3, -0.25) is 25.6 Å². The predicted octanol–water partition coefficient (Wildman–Crippen LogP) is -1.55. The fraction of sp³-hybridized carbons (Fsp3) is 0.636. The fourth-order valence-electron chi connectivity index (χ4n) is 2.49. The van der Waals surface area contributed by atoms with E-state index in [1.54, 1.807) is 0 Å². The highest BCUT2D eigenvalue weighted by Crippen LogP contribution is 2.28. The van der Waals surface area contributed by atoms with Gasteiger partial charge in [-0.15, -0.1) is 0 Å². The maximum Gasteiger partial charge on any atom is 0.405 e. The third-order valence-corrected chi connectivity index (χ3v) is 3.69. The van der Waals surface area contributed by atoms with Gasteiger partial charge in [-0.05, 0) is 19.8 Å². The van der Waals surface area contributed by atoms with Gasteiger partial charge in [0.25, 0.3) is 11.8 Å². The van der Waals surface area contributed by atoms with Crippen LogP contribution in [-0.4, -0.2) is 68.9 Å². The second-order valence-electron chi connectivity index (χ2n) is 5.18. The van der Waals surface area contributed by atoms with E-state index in [0.29, 0.717) is 17.9 Å². The molecule has 0 spiro atoms. The van der Waals surface area contributed by atoms with Crippen LogP contribution in [0.2, 0.25) is 0 Å². The molecule has 5 N–H and O–H groups in total. The molecule has 11 heteroatoms. The number of fused-ring (bicyclic) bond motifs is 2. The van der Waals surface area contributed by atoms with Crippen molar-refractivity contribution in [1.29, 1.82) is 0 Å². The minimum Gasteiger partial charge on any atom is -0.465 e. The maximum atomic E-state index is 12.0. The van der Waals surface area contributed by atoms with Crippen LogP contribution in [0.25, 0.3) is 0 Å². The summed E-state index contributed by atoms with van der Waals surface area (Å²) in [4.78, 5) is 47.0. The zero-order chi connectivity index (χ0) is 16.4. The number of carbonyl (C=O) groups excluding carboxylic acids is 3. The van der Waals surface area contributed by atoms with Crippen molar-refractivity contribution in [1.82, 2.24) is 26.1 Å². The molecule has 122 valence electrons. The monoisotopic (exact) mass is 315 g/mol. The van der Waals surface area contributed by atoms with Crippen molar-refractivity contribution in [3.63, 3.8) is 0 Å². The second kappa shape index (κ2) is 6.05. The van der Waals surface area contributed by atoms with E-state index in [4.69, 9.17) is 5.11 Å². The van der Waals surface area contributed by atoms with Crippen molar-refractivity contribution in [3.8, 4) is 0 Å². The van der Waals surface area contributed by atoms with Gasteiger partial charge in [0.1, 0.15) is 12.1 Å². The Morgan fingerprint density at radius 3 is 2.59 bits per heavy atom. The molecule has 0 unspecified atom stereocenters. The van der Waals surface area contributed by atoms with Gasteiger partial charge >= 0.3 is 12.1 Å². The Morgan fingerprint density at radius 2 is 1.95 bits per heavy atom. The minimum atomic E-state index is -1.36. The lowest BCUT2D eigenvalue weighted by atomic mass is 10.0. The number of carboxylic acid groups (broad SMARTS) is 1. The molecule has 2 fully saturated rings. The van der Waals surface area contributed by atoms with Crippen LogP contribution in [0.3, 0.4) is 0 Å². The van der Waals surface area contributed by atoms with Gasteiger partial charge in [-0.2, -0.15) is 0 Å². The summed E-state index contributed by atoms with van der Waals surface area (Å²) >= 11 is 0. The van der Waals surface area contributed by atoms with E-state index < -0.39 is 36.0 Å². The van der Waals surface area contributed by atoms with E-state index in [9.17, 15) is 24.4 Å². The Kier molecular flexibility index (Phi) is 4.35. The van der Waals surface area contributed by atoms with Gasteiger partial charge in [-0.25, -0.2) is 14.7 Å². The Hall–Kier alpha value is -2.56. The van der Waals surface area contributed by atoms with Crippen LogP contribution in [0.15, 0.2) is 0 Å². The van der Waals surface area contributed by atoms with Crippen molar-refractivity contribution in [2.75, 3.05) is 6.54 Å². The van der Waals surface area contributed by atoms with E-state index in [2.05, 4.69) is 10.9 Å². The summed E-state index contributed by atoms with van der Waals surface area (Å²) in [6.45, 7) is 1.56. The first-order chi connectivity index (χ1) is 10.3. The molecule has 0 saturated carbocycles. The number of carbonyl (C=O) groups is 4. The summed E-state index contributed by atoms with van der Waals surface area (Å²) in [7, 11) is 0. The van der Waals surface area contributed by atoms with Crippen LogP contribution in [0.1, 0.15) is 19.8 Å². The Balaban J connectivity index is 1.86. The number of amides is 5. The molecule has 0 aliphatic carbocycles. The zero-order valence-electron chi connectivity index (χ0n) is 11.8. The van der Waals surface area contributed by atoms with Gasteiger partial charge in [0.05, 0.1) is 6.04 Å². The molecule has 2 rings (SSSR count). The standard InChI is InChI=1S/C11H17N5O6/c1-5(12-10(19)20)8(17)13-14-9(18)7-3-2-6-4-15(7)11(21)16(6)22/h5-7,12,22H,2-4H2,1H3,(H,13,17)(H,14,18)(H,19,20)/t5-,6-,7+/m1/s1. The van der Waals surface area contributed by atoms with Crippen LogP contribution < -0.4 is 16.2 Å². The fourth-order valence-corrected chi connectivity index (χ4v) is 2.49. The van der Waals surface area contributed by atoms with E-state index in [-0.39, 0.29) is 12.6 Å². The maximum absolute atomic E-state index is 12.0. The van der Waals surface area contributed by atoms with Crippen molar-refractivity contribution < 1.29 is 29.5 Å². The van der Waals surface area contributed by atoms with E-state index >= 15 is 0 Å². The van der Waals surface area contributed by atoms with Crippen LogP contribution in [0, 0.1) is 0 Å². The first-order valence-electron chi connectivity index (χ1n) is 6.69. The van der Waals surface area contributed by atoms with Crippen molar-refractivity contribution in [3.05, 3.63) is 0 Å². The summed E-state index contributed by atoms with van der Waals surface area (Å²) in [5.74, 6) is -1.33. The van der Waals surface area contributed by atoms with Crippen LogP contribution >= 0.6 is 0 Å². The molecular weight excluding hydrogens is 298 g/mol. The number of hydroxylamine groups is 2. The minimum absolute atomic E-state index is 0.248. The number of nitrogens with one attached hydrogen (secondary N) is 3. The van der Waals surface area contributed by atoms with Crippen molar-refractivity contribution in [2.24, 2.45) is 0 Å². The van der Waals surface area contributed by atoms with Gasteiger partial charge in [0.15, 0.2) is 0 Å². The smallest absolute Gasteiger partial charge is 0.405 e. The van der Waals surface area contributed by atoms with E-state index in [1.807, 2.05) is 5.32 Å². The highest BCUT2D eigenvalue weighted by molar-refractivity contribution is 5.91. The first kappa shape index (κ1) is 15.8. The number of nitrogens with zero attached hydrogens (tertiary/aromatic N) is 2. The summed E-state index contributed by atoms with van der Waals surface area (Å²) in [6.07, 6.45) is -0.530. The molecule has 0 aromatic carbocycles. The largest absolute Gasteiger partial charge is 0.465 e. The molecule has 22 heavy (non-hydrogen) atoms. The lowest BCUT2D eigenvalue weighted by Crippen LogP contribution is -2.56. The molecule has 2 heterocycles. The number of piperidine rings is 1. The number of hydrogen-bond acceptors (Lipinski definition) is 5. The number of hydrazine groups is 1. The van der Waals surface area contributed by atoms with E-state index in [1.165, 1.54) is 11.8 Å². The van der Waals surface area contributed by atoms with E-state index in [0.717, 1.165) is 0 Å². The van der Waals surface area contributed by atoms with Gasteiger partial charge < -0.3 is 15.3 Å². The summed E-state index contributed by atoms with van der Waals surface area (Å²) in [5, 5.41) is 20.6. The van der Waals surface area contributed by atoms with Gasteiger partial charge in [0.2, 0.25) is 0 Å². The van der Waals surface area contributed by atoms with Gasteiger partial charge in [0, 0.05) is 6.54 Å². The molecule has 0 radical (unpaired) electrons. The third-order valence-electron chi connectivity index (χ3n) is 3.69. The molecule has 2 bridgehead atoms. The number of urea groups is 1. The Bertz CT molecular complexity index is 511. The Labute approximate surface area is 125 Å². The van der Waals surface area contributed by atoms with Crippen LogP contribution in [0.4, 0.5) is 9.59 Å². The highest BCUT2D eigenvalue weighted by Gasteiger charge is 2.46. The third kappa shape index (κ3) is 3.03. The van der Waals surface area contributed by atoms with Crippen molar-refractivity contribution >= 4 is 23.9 Å². The molecule has 0 aromatic rings. The normalized spacial score (nSPS) is 24.7. The second-order valence-corrected chi connectivity index (χ2v) is 5.18. The lowest BCUT2D eigenvalue weighted by molar-refractivity contribution is -0.132. The summed E-state index contributed by atoms with van der Waals surface area (Å²) in [6, 6.07) is -2.79. The predicted molar refractivity (Wildman–Crippen MR) is 69.4 cm³/mol. The van der Waals surface area contributed by atoms with Gasteiger partial charge in [-0.1, -0.05) is 0 Å². The SMILES string of the molecule is C[C@@H](NC(=O)O)C(=O)NNC(=O)[C@@H]1CC[C@@H]2CN1C(=O)N2O. The number of hydrogen-bond donors (Lipinski definition) is 5. The van der Waals surface area contributed by atoms with Crippen molar-refractivity contribution in [2.45, 2.75) is 37.9 Å². The molecule has 11 nitrogen and oxygen atoms in total. The number of rotatable bonds is 3. The Morgan fingerprint density at radius 1 is 1.27 bits per heavy atom. The average molecular weight is 315 g/mol. The lowest BCUT2D eigenvalue weighted by Gasteiger charge is -2.29. The molecule has 2 saturated heterocycles.